The van der Waals surface area contributed by atoms with Gasteiger partial charge in [-0.1, -0.05) is 0 Å². The Balaban J connectivity index is 1.78. The average molecular weight is 351 g/mol. The van der Waals surface area contributed by atoms with Crippen molar-refractivity contribution in [3.8, 4) is 0 Å². The SMILES string of the molecule is CC(C)(C)C(=O)OCC1OC(n2cnc3c(N)ncnc32)C(O)C1O. The quantitative estimate of drug-likeness (QED) is 0.630. The predicted molar refractivity (Wildman–Crippen MR) is 86.1 cm³/mol. The maximum atomic E-state index is 11.9. The lowest BCUT2D eigenvalue weighted by molar-refractivity contribution is -0.159. The Morgan fingerprint density at radius 2 is 2.04 bits per heavy atom. The van der Waals surface area contributed by atoms with Crippen LogP contribution in [0.15, 0.2) is 12.7 Å². The number of esters is 1. The number of aromatic nitrogens is 4. The normalized spacial score (nSPS) is 26.9. The zero-order valence-corrected chi connectivity index (χ0v) is 14.2. The van der Waals surface area contributed by atoms with Crippen LogP contribution in [0.25, 0.3) is 11.2 Å². The first-order valence-electron chi connectivity index (χ1n) is 7.82. The monoisotopic (exact) mass is 351 g/mol. The first-order valence-corrected chi connectivity index (χ1v) is 7.82. The number of aliphatic hydroxyl groups excluding tert-OH is 2. The minimum atomic E-state index is -1.24. The van der Waals surface area contributed by atoms with Gasteiger partial charge < -0.3 is 25.4 Å². The molecule has 136 valence electrons. The summed E-state index contributed by atoms with van der Waals surface area (Å²) in [5, 5.41) is 20.5. The largest absolute Gasteiger partial charge is 0.462 e. The second-order valence-corrected chi connectivity index (χ2v) is 6.98. The Bertz CT molecular complexity index is 786. The van der Waals surface area contributed by atoms with Crippen molar-refractivity contribution in [2.24, 2.45) is 5.41 Å². The van der Waals surface area contributed by atoms with Crippen LogP contribution in [0.1, 0.15) is 27.0 Å². The molecule has 1 fully saturated rings. The molecule has 4 N–H and O–H groups in total. The lowest BCUT2D eigenvalue weighted by Gasteiger charge is -2.20. The number of aliphatic hydroxyl groups is 2. The van der Waals surface area contributed by atoms with Crippen LogP contribution < -0.4 is 5.73 Å². The fraction of sp³-hybridized carbons (Fsp3) is 0.600. The van der Waals surface area contributed by atoms with Gasteiger partial charge in [0.15, 0.2) is 17.7 Å². The van der Waals surface area contributed by atoms with Gasteiger partial charge in [-0.2, -0.15) is 0 Å². The number of hydrogen-bond donors (Lipinski definition) is 3. The van der Waals surface area contributed by atoms with E-state index in [1.807, 2.05) is 0 Å². The molecular weight excluding hydrogens is 330 g/mol. The Morgan fingerprint density at radius 1 is 1.32 bits per heavy atom. The van der Waals surface area contributed by atoms with E-state index >= 15 is 0 Å². The minimum Gasteiger partial charge on any atom is -0.462 e. The van der Waals surface area contributed by atoms with Crippen molar-refractivity contribution in [2.45, 2.75) is 45.3 Å². The lowest BCUT2D eigenvalue weighted by Crippen LogP contribution is -2.35. The van der Waals surface area contributed by atoms with Crippen LogP contribution in [0.5, 0.6) is 0 Å². The van der Waals surface area contributed by atoms with Crippen LogP contribution in [0, 0.1) is 5.41 Å². The van der Waals surface area contributed by atoms with Crippen molar-refractivity contribution in [3.63, 3.8) is 0 Å². The van der Waals surface area contributed by atoms with E-state index in [1.165, 1.54) is 17.2 Å². The highest BCUT2D eigenvalue weighted by Crippen LogP contribution is 2.32. The summed E-state index contributed by atoms with van der Waals surface area (Å²) in [7, 11) is 0. The molecule has 3 heterocycles. The van der Waals surface area contributed by atoms with Gasteiger partial charge in [0.25, 0.3) is 0 Å². The van der Waals surface area contributed by atoms with Crippen molar-refractivity contribution in [1.82, 2.24) is 19.5 Å². The Labute approximate surface area is 143 Å². The van der Waals surface area contributed by atoms with Crippen molar-refractivity contribution >= 4 is 23.0 Å². The number of imidazole rings is 1. The summed E-state index contributed by atoms with van der Waals surface area (Å²) in [6.45, 7) is 5.00. The number of rotatable bonds is 3. The Kier molecular flexibility index (Phi) is 4.35. The first kappa shape index (κ1) is 17.5. The summed E-state index contributed by atoms with van der Waals surface area (Å²) in [6.07, 6.45) is -1.60. The smallest absolute Gasteiger partial charge is 0.311 e. The van der Waals surface area contributed by atoms with E-state index in [4.69, 9.17) is 15.2 Å². The van der Waals surface area contributed by atoms with Crippen molar-refractivity contribution in [1.29, 1.82) is 0 Å². The first-order chi connectivity index (χ1) is 11.7. The molecule has 0 aromatic carbocycles. The van der Waals surface area contributed by atoms with E-state index in [1.54, 1.807) is 20.8 Å². The second-order valence-electron chi connectivity index (χ2n) is 6.98. The maximum Gasteiger partial charge on any atom is 0.311 e. The maximum absolute atomic E-state index is 11.9. The molecule has 3 rings (SSSR count). The van der Waals surface area contributed by atoms with Gasteiger partial charge in [0, 0.05) is 0 Å². The van der Waals surface area contributed by atoms with Crippen LogP contribution in [-0.2, 0) is 14.3 Å². The molecule has 0 spiro atoms. The average Bonchev–Trinajstić information content (AvgIpc) is 3.08. The third kappa shape index (κ3) is 3.15. The molecule has 10 heteroatoms. The molecule has 0 saturated carbocycles. The molecule has 0 bridgehead atoms. The number of nitrogens with two attached hydrogens (primary N) is 1. The van der Waals surface area contributed by atoms with Gasteiger partial charge >= 0.3 is 5.97 Å². The molecule has 10 nitrogen and oxygen atoms in total. The third-order valence-electron chi connectivity index (χ3n) is 3.99. The zero-order chi connectivity index (χ0) is 18.4. The molecule has 4 atom stereocenters. The fourth-order valence-corrected chi connectivity index (χ4v) is 2.53. The molecule has 25 heavy (non-hydrogen) atoms. The van der Waals surface area contributed by atoms with Gasteiger partial charge in [0.2, 0.25) is 0 Å². The van der Waals surface area contributed by atoms with Crippen LogP contribution in [0.3, 0.4) is 0 Å². The molecule has 1 saturated heterocycles. The van der Waals surface area contributed by atoms with Gasteiger partial charge in [-0.05, 0) is 20.8 Å². The van der Waals surface area contributed by atoms with E-state index in [0.29, 0.717) is 11.2 Å². The number of carbonyl (C=O) groups excluding carboxylic acids is 1. The van der Waals surface area contributed by atoms with E-state index in [2.05, 4.69) is 15.0 Å². The third-order valence-corrected chi connectivity index (χ3v) is 3.99. The predicted octanol–water partition coefficient (Wildman–Crippen LogP) is -0.383. The topological polar surface area (TPSA) is 146 Å². The molecule has 0 amide bonds. The number of anilines is 1. The van der Waals surface area contributed by atoms with Gasteiger partial charge in [-0.25, -0.2) is 15.0 Å². The molecule has 1 aliphatic heterocycles. The minimum absolute atomic E-state index is 0.172. The van der Waals surface area contributed by atoms with Gasteiger partial charge in [0.05, 0.1) is 11.7 Å². The van der Waals surface area contributed by atoms with Crippen LogP contribution in [0.4, 0.5) is 5.82 Å². The number of fused-ring (bicyclic) bond motifs is 1. The van der Waals surface area contributed by atoms with E-state index in [0.717, 1.165) is 0 Å². The van der Waals surface area contributed by atoms with Gasteiger partial charge in [-0.3, -0.25) is 9.36 Å². The second kappa shape index (κ2) is 6.21. The van der Waals surface area contributed by atoms with Crippen LogP contribution in [-0.4, -0.2) is 60.6 Å². The number of nitrogen functional groups attached to an aromatic ring is 1. The highest BCUT2D eigenvalue weighted by atomic mass is 16.6. The van der Waals surface area contributed by atoms with E-state index in [9.17, 15) is 15.0 Å². The highest BCUT2D eigenvalue weighted by Gasteiger charge is 2.45. The number of carbonyl (C=O) groups is 1. The van der Waals surface area contributed by atoms with E-state index < -0.39 is 35.9 Å². The van der Waals surface area contributed by atoms with E-state index in [-0.39, 0.29) is 12.4 Å². The van der Waals surface area contributed by atoms with Crippen molar-refractivity contribution in [2.75, 3.05) is 12.3 Å². The summed E-state index contributed by atoms with van der Waals surface area (Å²) in [4.78, 5) is 23.9. The van der Waals surface area contributed by atoms with Crippen molar-refractivity contribution < 1.29 is 24.5 Å². The molecule has 2 aromatic heterocycles. The molecule has 4 unspecified atom stereocenters. The van der Waals surface area contributed by atoms with Crippen LogP contribution in [0.2, 0.25) is 0 Å². The van der Waals surface area contributed by atoms with Crippen LogP contribution >= 0.6 is 0 Å². The summed E-state index contributed by atoms with van der Waals surface area (Å²) < 4.78 is 12.3. The fourth-order valence-electron chi connectivity index (χ4n) is 2.53. The zero-order valence-electron chi connectivity index (χ0n) is 14.2. The molecule has 0 aliphatic carbocycles. The molecule has 2 aromatic rings. The highest BCUT2D eigenvalue weighted by molar-refractivity contribution is 5.81. The van der Waals surface area contributed by atoms with Gasteiger partial charge in [-0.15, -0.1) is 0 Å². The Hall–Kier alpha value is -2.30. The molecule has 0 radical (unpaired) electrons. The van der Waals surface area contributed by atoms with Crippen molar-refractivity contribution in [3.05, 3.63) is 12.7 Å². The summed E-state index contributed by atoms with van der Waals surface area (Å²) in [5.74, 6) is -0.220. The number of hydrogen-bond acceptors (Lipinski definition) is 9. The summed E-state index contributed by atoms with van der Waals surface area (Å²) in [5.41, 5.74) is 5.81. The summed E-state index contributed by atoms with van der Waals surface area (Å²) in [6, 6.07) is 0. The number of nitrogens with zero attached hydrogens (tertiary/aromatic N) is 4. The standard InChI is InChI=1S/C15H21N5O5/c1-15(2,3)14(23)24-4-7-9(21)10(22)13(25-7)20-6-19-8-11(16)17-5-18-12(8)20/h5-7,9-10,13,21-22H,4H2,1-3H3,(H2,16,17,18). The Morgan fingerprint density at radius 3 is 2.72 bits per heavy atom. The molecule has 1 aliphatic rings. The molecular formula is C15H21N5O5. The lowest BCUT2D eigenvalue weighted by atomic mass is 9.97. The summed E-state index contributed by atoms with van der Waals surface area (Å²) >= 11 is 0. The van der Waals surface area contributed by atoms with Gasteiger partial charge in [0.1, 0.15) is 36.8 Å². The number of ether oxygens (including phenoxy) is 2.